The first-order valence-electron chi connectivity index (χ1n) is 4.63. The lowest BCUT2D eigenvalue weighted by Crippen LogP contribution is -1.82. The van der Waals surface area contributed by atoms with Gasteiger partial charge in [-0.15, -0.1) is 0 Å². The molecule has 0 aliphatic rings. The molecule has 0 bridgehead atoms. The fourth-order valence-corrected chi connectivity index (χ4v) is 2.56. The minimum absolute atomic E-state index is 0.645. The predicted molar refractivity (Wildman–Crippen MR) is 71.4 cm³/mol. The van der Waals surface area contributed by atoms with E-state index in [1.165, 1.54) is 0 Å². The lowest BCUT2D eigenvalue weighted by molar-refractivity contribution is 1.41. The monoisotopic (exact) mass is 269 g/mol. The zero-order valence-electron chi connectivity index (χ0n) is 8.28. The highest BCUT2D eigenvalue weighted by atomic mass is 35.5. The summed E-state index contributed by atoms with van der Waals surface area (Å²) in [7, 11) is 0. The molecule has 0 fully saturated rings. The number of anilines is 1. The molecule has 2 aromatic carbocycles. The van der Waals surface area contributed by atoms with E-state index in [-0.39, 0.29) is 0 Å². The zero-order valence-corrected chi connectivity index (χ0v) is 10.6. The number of nitrogens with two attached hydrogens (primary N) is 1. The van der Waals surface area contributed by atoms with Gasteiger partial charge < -0.3 is 5.73 Å². The van der Waals surface area contributed by atoms with Crippen molar-refractivity contribution in [3.63, 3.8) is 0 Å². The molecule has 2 N–H and O–H groups in total. The van der Waals surface area contributed by atoms with E-state index in [1.54, 1.807) is 17.8 Å². The van der Waals surface area contributed by atoms with Crippen LogP contribution in [0.25, 0.3) is 0 Å². The zero-order chi connectivity index (χ0) is 11.5. The van der Waals surface area contributed by atoms with E-state index in [9.17, 15) is 0 Å². The van der Waals surface area contributed by atoms with Gasteiger partial charge in [-0.2, -0.15) is 0 Å². The fourth-order valence-electron chi connectivity index (χ4n) is 1.22. The van der Waals surface area contributed by atoms with Crippen molar-refractivity contribution in [3.8, 4) is 0 Å². The van der Waals surface area contributed by atoms with Crippen molar-refractivity contribution in [1.82, 2.24) is 0 Å². The Kier molecular flexibility index (Phi) is 3.64. The smallest absolute Gasteiger partial charge is 0.0560 e. The summed E-state index contributed by atoms with van der Waals surface area (Å²) < 4.78 is 0. The second-order valence-corrected chi connectivity index (χ2v) is 5.20. The Morgan fingerprint density at radius 2 is 1.62 bits per heavy atom. The summed E-state index contributed by atoms with van der Waals surface area (Å²) >= 11 is 13.5. The molecule has 0 aliphatic heterocycles. The van der Waals surface area contributed by atoms with Gasteiger partial charge in [0.05, 0.1) is 5.02 Å². The van der Waals surface area contributed by atoms with Gasteiger partial charge in [-0.25, -0.2) is 0 Å². The van der Waals surface area contributed by atoms with Crippen molar-refractivity contribution in [3.05, 3.63) is 52.5 Å². The first-order chi connectivity index (χ1) is 7.65. The van der Waals surface area contributed by atoms with Crippen molar-refractivity contribution in [1.29, 1.82) is 0 Å². The van der Waals surface area contributed by atoms with Crippen LogP contribution in [0.5, 0.6) is 0 Å². The standard InChI is InChI=1S/C12H9Cl2NS/c13-8-1-6-12(11(14)7-8)16-10-4-2-9(15)3-5-10/h1-7H,15H2. The second-order valence-electron chi connectivity index (χ2n) is 3.25. The van der Waals surface area contributed by atoms with Crippen molar-refractivity contribution < 1.29 is 0 Å². The van der Waals surface area contributed by atoms with Crippen LogP contribution in [0.1, 0.15) is 0 Å². The molecular weight excluding hydrogens is 261 g/mol. The molecule has 0 unspecified atom stereocenters. The van der Waals surface area contributed by atoms with Crippen LogP contribution in [-0.4, -0.2) is 0 Å². The average Bonchev–Trinajstić information content (AvgIpc) is 2.25. The third-order valence-corrected chi connectivity index (χ3v) is 3.75. The highest BCUT2D eigenvalue weighted by molar-refractivity contribution is 7.99. The Morgan fingerprint density at radius 1 is 0.938 bits per heavy atom. The van der Waals surface area contributed by atoms with Crippen molar-refractivity contribution in [2.24, 2.45) is 0 Å². The first-order valence-corrected chi connectivity index (χ1v) is 6.21. The minimum Gasteiger partial charge on any atom is -0.399 e. The molecule has 82 valence electrons. The van der Waals surface area contributed by atoms with Crippen LogP contribution >= 0.6 is 35.0 Å². The van der Waals surface area contributed by atoms with Crippen LogP contribution in [0.3, 0.4) is 0 Å². The Bertz CT molecular complexity index is 497. The van der Waals surface area contributed by atoms with Gasteiger partial charge in [0.15, 0.2) is 0 Å². The van der Waals surface area contributed by atoms with Crippen molar-refractivity contribution in [2.75, 3.05) is 5.73 Å². The van der Waals surface area contributed by atoms with E-state index in [4.69, 9.17) is 28.9 Å². The van der Waals surface area contributed by atoms with Crippen LogP contribution < -0.4 is 5.73 Å². The van der Waals surface area contributed by atoms with E-state index in [1.807, 2.05) is 36.4 Å². The summed E-state index contributed by atoms with van der Waals surface area (Å²) in [5.41, 5.74) is 6.37. The number of nitrogen functional groups attached to an aromatic ring is 1. The molecule has 2 aromatic rings. The Labute approximate surface area is 109 Å². The summed E-state index contributed by atoms with van der Waals surface area (Å²) in [5.74, 6) is 0. The maximum atomic E-state index is 6.08. The molecule has 0 aromatic heterocycles. The topological polar surface area (TPSA) is 26.0 Å². The quantitative estimate of drug-likeness (QED) is 0.798. The number of benzene rings is 2. The molecule has 4 heteroatoms. The van der Waals surface area contributed by atoms with E-state index in [0.29, 0.717) is 10.0 Å². The molecule has 0 atom stereocenters. The largest absolute Gasteiger partial charge is 0.399 e. The lowest BCUT2D eigenvalue weighted by Gasteiger charge is -2.04. The molecular formula is C12H9Cl2NS. The van der Waals surface area contributed by atoms with Crippen LogP contribution in [0, 0.1) is 0 Å². The summed E-state index contributed by atoms with van der Waals surface area (Å²) in [6, 6.07) is 13.1. The number of halogens is 2. The van der Waals surface area contributed by atoms with E-state index in [0.717, 1.165) is 15.5 Å². The molecule has 0 amide bonds. The van der Waals surface area contributed by atoms with Crippen LogP contribution in [0.4, 0.5) is 5.69 Å². The minimum atomic E-state index is 0.645. The Morgan fingerprint density at radius 3 is 2.25 bits per heavy atom. The van der Waals surface area contributed by atoms with Gasteiger partial charge in [0, 0.05) is 20.5 Å². The molecule has 0 saturated carbocycles. The van der Waals surface area contributed by atoms with E-state index >= 15 is 0 Å². The van der Waals surface area contributed by atoms with Crippen molar-refractivity contribution in [2.45, 2.75) is 9.79 Å². The van der Waals surface area contributed by atoms with Gasteiger partial charge in [-0.1, -0.05) is 35.0 Å². The SMILES string of the molecule is Nc1ccc(Sc2ccc(Cl)cc2Cl)cc1. The number of rotatable bonds is 2. The van der Waals surface area contributed by atoms with Gasteiger partial charge in [-0.3, -0.25) is 0 Å². The molecule has 0 aliphatic carbocycles. The summed E-state index contributed by atoms with van der Waals surface area (Å²) in [6.45, 7) is 0. The lowest BCUT2D eigenvalue weighted by atomic mass is 10.3. The maximum Gasteiger partial charge on any atom is 0.0560 e. The molecule has 0 heterocycles. The van der Waals surface area contributed by atoms with Crippen molar-refractivity contribution >= 4 is 40.7 Å². The predicted octanol–water partition coefficient (Wildman–Crippen LogP) is 4.73. The van der Waals surface area contributed by atoms with Crippen LogP contribution in [-0.2, 0) is 0 Å². The average molecular weight is 270 g/mol. The fraction of sp³-hybridized carbons (Fsp3) is 0. The Balaban J connectivity index is 2.23. The Hall–Kier alpha value is -0.830. The molecule has 0 radical (unpaired) electrons. The normalized spacial score (nSPS) is 10.4. The molecule has 1 nitrogen and oxygen atoms in total. The molecule has 2 rings (SSSR count). The van der Waals surface area contributed by atoms with Gasteiger partial charge in [0.25, 0.3) is 0 Å². The molecule has 0 spiro atoms. The van der Waals surface area contributed by atoms with E-state index < -0.39 is 0 Å². The summed E-state index contributed by atoms with van der Waals surface area (Å²) in [5, 5.41) is 1.31. The summed E-state index contributed by atoms with van der Waals surface area (Å²) in [6.07, 6.45) is 0. The van der Waals surface area contributed by atoms with E-state index in [2.05, 4.69) is 0 Å². The maximum absolute atomic E-state index is 6.08. The van der Waals surface area contributed by atoms with Gasteiger partial charge >= 0.3 is 0 Å². The van der Waals surface area contributed by atoms with Gasteiger partial charge in [0.1, 0.15) is 0 Å². The van der Waals surface area contributed by atoms with Gasteiger partial charge in [0.2, 0.25) is 0 Å². The first kappa shape index (κ1) is 11.6. The number of hydrogen-bond donors (Lipinski definition) is 1. The van der Waals surface area contributed by atoms with Crippen LogP contribution in [0.2, 0.25) is 10.0 Å². The molecule has 16 heavy (non-hydrogen) atoms. The second kappa shape index (κ2) is 5.00. The highest BCUT2D eigenvalue weighted by Crippen LogP contribution is 2.34. The number of hydrogen-bond acceptors (Lipinski definition) is 2. The van der Waals surface area contributed by atoms with Gasteiger partial charge in [-0.05, 0) is 42.5 Å². The highest BCUT2D eigenvalue weighted by Gasteiger charge is 2.03. The third-order valence-electron chi connectivity index (χ3n) is 2.00. The summed E-state index contributed by atoms with van der Waals surface area (Å²) in [4.78, 5) is 2.08. The van der Waals surface area contributed by atoms with Crippen LogP contribution in [0.15, 0.2) is 52.3 Å². The molecule has 0 saturated heterocycles. The third kappa shape index (κ3) is 2.85.